The van der Waals surface area contributed by atoms with Crippen molar-refractivity contribution >= 4 is 16.5 Å². The molecule has 3 nitrogen and oxygen atoms in total. The normalized spacial score (nSPS) is 16.0. The van der Waals surface area contributed by atoms with Crippen LogP contribution in [0.3, 0.4) is 0 Å². The molecule has 0 aromatic carbocycles. The fourth-order valence-electron chi connectivity index (χ4n) is 1.59. The molecule has 1 aliphatic rings. The Labute approximate surface area is 95.5 Å². The van der Waals surface area contributed by atoms with Gasteiger partial charge in [0.05, 0.1) is 5.69 Å². The third kappa shape index (κ3) is 2.92. The first kappa shape index (κ1) is 10.9. The Balaban J connectivity index is 1.73. The van der Waals surface area contributed by atoms with Gasteiger partial charge in [0.25, 0.3) is 0 Å². The maximum atomic E-state index is 4.46. The topological polar surface area (TPSA) is 28.2 Å². The lowest BCUT2D eigenvalue weighted by Crippen LogP contribution is -2.26. The van der Waals surface area contributed by atoms with Gasteiger partial charge in [0.15, 0.2) is 5.13 Å². The Bertz CT molecular complexity index is 311. The number of hydrogen-bond donors (Lipinski definition) is 1. The van der Waals surface area contributed by atoms with E-state index in [1.807, 2.05) is 0 Å². The van der Waals surface area contributed by atoms with E-state index in [0.717, 1.165) is 30.0 Å². The molecule has 0 spiro atoms. The summed E-state index contributed by atoms with van der Waals surface area (Å²) in [5.41, 5.74) is 1.15. The predicted molar refractivity (Wildman–Crippen MR) is 65.7 cm³/mol. The fourth-order valence-corrected chi connectivity index (χ4v) is 2.43. The monoisotopic (exact) mass is 225 g/mol. The van der Waals surface area contributed by atoms with Crippen LogP contribution in [0.4, 0.5) is 5.13 Å². The maximum absolute atomic E-state index is 4.46. The highest BCUT2D eigenvalue weighted by Gasteiger charge is 2.25. The van der Waals surface area contributed by atoms with Gasteiger partial charge in [0.1, 0.15) is 0 Å². The molecule has 2 rings (SSSR count). The van der Waals surface area contributed by atoms with Crippen molar-refractivity contribution in [2.75, 3.05) is 25.5 Å². The van der Waals surface area contributed by atoms with E-state index in [0.29, 0.717) is 0 Å². The quantitative estimate of drug-likeness (QED) is 0.833. The molecule has 0 atom stereocenters. The first-order valence-electron chi connectivity index (χ1n) is 5.55. The zero-order valence-corrected chi connectivity index (χ0v) is 10.5. The minimum absolute atomic E-state index is 0.853. The number of hydrogen-bond acceptors (Lipinski definition) is 4. The molecule has 1 aromatic rings. The standard InChI is InChI=1S/C11H19N3S/c1-8-9(2)15-11(13-8)12-6-7-14(3)10-4-5-10/h10H,4-7H2,1-3H3,(H,12,13). The van der Waals surface area contributed by atoms with Gasteiger partial charge in [-0.05, 0) is 33.7 Å². The van der Waals surface area contributed by atoms with Crippen LogP contribution in [0.2, 0.25) is 0 Å². The minimum atomic E-state index is 0.853. The molecule has 1 N–H and O–H groups in total. The second kappa shape index (κ2) is 4.49. The van der Waals surface area contributed by atoms with Crippen molar-refractivity contribution in [2.45, 2.75) is 32.7 Å². The van der Waals surface area contributed by atoms with E-state index in [1.165, 1.54) is 17.7 Å². The average Bonchev–Trinajstić information content (AvgIpc) is 2.96. The zero-order valence-electron chi connectivity index (χ0n) is 9.71. The molecular weight excluding hydrogens is 206 g/mol. The molecule has 1 aromatic heterocycles. The van der Waals surface area contributed by atoms with Gasteiger partial charge in [-0.2, -0.15) is 0 Å². The summed E-state index contributed by atoms with van der Waals surface area (Å²) >= 11 is 1.75. The molecule has 1 fully saturated rings. The fraction of sp³-hybridized carbons (Fsp3) is 0.727. The number of nitrogens with zero attached hydrogens (tertiary/aromatic N) is 2. The Kier molecular flexibility index (Phi) is 3.26. The number of anilines is 1. The SMILES string of the molecule is Cc1nc(NCCN(C)C2CC2)sc1C. The molecular formula is C11H19N3S. The highest BCUT2D eigenvalue weighted by molar-refractivity contribution is 7.15. The lowest BCUT2D eigenvalue weighted by Gasteiger charge is -2.15. The molecule has 15 heavy (non-hydrogen) atoms. The molecule has 1 aliphatic carbocycles. The van der Waals surface area contributed by atoms with Crippen LogP contribution < -0.4 is 5.32 Å². The van der Waals surface area contributed by atoms with Gasteiger partial charge in [-0.25, -0.2) is 4.98 Å². The molecule has 1 saturated carbocycles. The van der Waals surface area contributed by atoms with Gasteiger partial charge in [-0.15, -0.1) is 11.3 Å². The summed E-state index contributed by atoms with van der Waals surface area (Å²) in [7, 11) is 2.21. The van der Waals surface area contributed by atoms with Gasteiger partial charge in [0, 0.05) is 24.0 Å². The van der Waals surface area contributed by atoms with E-state index in [1.54, 1.807) is 11.3 Å². The van der Waals surface area contributed by atoms with E-state index in [4.69, 9.17) is 0 Å². The van der Waals surface area contributed by atoms with Crippen molar-refractivity contribution < 1.29 is 0 Å². The van der Waals surface area contributed by atoms with Crippen LogP contribution in [-0.2, 0) is 0 Å². The molecule has 0 saturated heterocycles. The summed E-state index contributed by atoms with van der Waals surface area (Å²) in [6.07, 6.45) is 2.76. The third-order valence-electron chi connectivity index (χ3n) is 2.94. The zero-order chi connectivity index (χ0) is 10.8. The smallest absolute Gasteiger partial charge is 0.183 e. The van der Waals surface area contributed by atoms with Crippen LogP contribution in [0, 0.1) is 13.8 Å². The Morgan fingerprint density at radius 3 is 2.73 bits per heavy atom. The van der Waals surface area contributed by atoms with Crippen molar-refractivity contribution in [1.29, 1.82) is 0 Å². The summed E-state index contributed by atoms with van der Waals surface area (Å²) in [6, 6.07) is 0.853. The van der Waals surface area contributed by atoms with Crippen LogP contribution in [0.25, 0.3) is 0 Å². The van der Waals surface area contributed by atoms with E-state index < -0.39 is 0 Å². The molecule has 84 valence electrons. The van der Waals surface area contributed by atoms with Gasteiger partial charge in [0.2, 0.25) is 0 Å². The third-order valence-corrected chi connectivity index (χ3v) is 3.97. The van der Waals surface area contributed by atoms with Gasteiger partial charge in [-0.3, -0.25) is 0 Å². The number of likely N-dealkylation sites (N-methyl/N-ethyl adjacent to an activating group) is 1. The molecule has 0 bridgehead atoms. The van der Waals surface area contributed by atoms with Crippen LogP contribution in [0.15, 0.2) is 0 Å². The average molecular weight is 225 g/mol. The van der Waals surface area contributed by atoms with E-state index >= 15 is 0 Å². The van der Waals surface area contributed by atoms with Crippen molar-refractivity contribution in [3.05, 3.63) is 10.6 Å². The van der Waals surface area contributed by atoms with Crippen molar-refractivity contribution in [3.8, 4) is 0 Å². The largest absolute Gasteiger partial charge is 0.360 e. The second-order valence-electron chi connectivity index (χ2n) is 4.30. The van der Waals surface area contributed by atoms with Crippen LogP contribution in [0.5, 0.6) is 0 Å². The summed E-state index contributed by atoms with van der Waals surface area (Å²) in [5, 5.41) is 4.45. The lowest BCUT2D eigenvalue weighted by atomic mass is 10.4. The van der Waals surface area contributed by atoms with Gasteiger partial charge < -0.3 is 10.2 Å². The number of aryl methyl sites for hydroxylation is 2. The summed E-state index contributed by atoms with van der Waals surface area (Å²) in [6.45, 7) is 6.30. The van der Waals surface area contributed by atoms with Crippen molar-refractivity contribution in [2.24, 2.45) is 0 Å². The second-order valence-corrected chi connectivity index (χ2v) is 5.50. The van der Waals surface area contributed by atoms with Crippen LogP contribution >= 0.6 is 11.3 Å². The highest BCUT2D eigenvalue weighted by atomic mass is 32.1. The Hall–Kier alpha value is -0.610. The molecule has 0 unspecified atom stereocenters. The van der Waals surface area contributed by atoms with Gasteiger partial charge in [-0.1, -0.05) is 0 Å². The number of thiazole rings is 1. The summed E-state index contributed by atoms with van der Waals surface area (Å²) in [4.78, 5) is 8.20. The van der Waals surface area contributed by atoms with Gasteiger partial charge >= 0.3 is 0 Å². The van der Waals surface area contributed by atoms with E-state index in [9.17, 15) is 0 Å². The maximum Gasteiger partial charge on any atom is 0.183 e. The minimum Gasteiger partial charge on any atom is -0.360 e. The number of nitrogens with one attached hydrogen (secondary N) is 1. The molecule has 0 amide bonds. The van der Waals surface area contributed by atoms with E-state index in [-0.39, 0.29) is 0 Å². The first-order chi connectivity index (χ1) is 7.16. The van der Waals surface area contributed by atoms with Crippen molar-refractivity contribution in [3.63, 3.8) is 0 Å². The van der Waals surface area contributed by atoms with Crippen LogP contribution in [0.1, 0.15) is 23.4 Å². The van der Waals surface area contributed by atoms with Crippen molar-refractivity contribution in [1.82, 2.24) is 9.88 Å². The molecule has 0 radical (unpaired) electrons. The summed E-state index contributed by atoms with van der Waals surface area (Å²) in [5.74, 6) is 0. The lowest BCUT2D eigenvalue weighted by molar-refractivity contribution is 0.337. The Morgan fingerprint density at radius 2 is 2.20 bits per heavy atom. The van der Waals surface area contributed by atoms with Crippen LogP contribution in [-0.4, -0.2) is 36.1 Å². The van der Waals surface area contributed by atoms with E-state index in [2.05, 4.69) is 36.1 Å². The molecule has 0 aliphatic heterocycles. The molecule has 4 heteroatoms. The highest BCUT2D eigenvalue weighted by Crippen LogP contribution is 2.25. The number of aromatic nitrogens is 1. The Morgan fingerprint density at radius 1 is 1.47 bits per heavy atom. The predicted octanol–water partition coefficient (Wildman–Crippen LogP) is 2.27. The number of rotatable bonds is 5. The summed E-state index contributed by atoms with van der Waals surface area (Å²) < 4.78 is 0. The molecule has 1 heterocycles. The first-order valence-corrected chi connectivity index (χ1v) is 6.36.